The van der Waals surface area contributed by atoms with Gasteiger partial charge in [0.25, 0.3) is 0 Å². The highest BCUT2D eigenvalue weighted by Crippen LogP contribution is 2.24. The Morgan fingerprint density at radius 2 is 1.95 bits per heavy atom. The number of para-hydroxylation sites is 1. The minimum Gasteiger partial charge on any atom is -0.476 e. The van der Waals surface area contributed by atoms with Crippen LogP contribution < -0.4 is 0 Å². The summed E-state index contributed by atoms with van der Waals surface area (Å²) in [6.07, 6.45) is 2.57. The van der Waals surface area contributed by atoms with Crippen LogP contribution in [-0.2, 0) is 0 Å². The van der Waals surface area contributed by atoms with Crippen molar-refractivity contribution in [1.29, 1.82) is 0 Å². The van der Waals surface area contributed by atoms with Crippen molar-refractivity contribution in [3.63, 3.8) is 0 Å². The number of tetrazole rings is 1. The molecule has 0 unspecified atom stereocenters. The van der Waals surface area contributed by atoms with Gasteiger partial charge in [0.15, 0.2) is 5.69 Å². The molecule has 0 radical (unpaired) electrons. The first-order chi connectivity index (χ1) is 10.2. The van der Waals surface area contributed by atoms with E-state index in [2.05, 4.69) is 25.5 Å². The smallest absolute Gasteiger partial charge is 0.356 e. The van der Waals surface area contributed by atoms with Gasteiger partial charge in [-0.1, -0.05) is 18.2 Å². The average Bonchev–Trinajstić information content (AvgIpc) is 2.97. The molecule has 2 heterocycles. The Labute approximate surface area is 122 Å². The number of carboxylic acids is 1. The molecule has 0 aliphatic carbocycles. The summed E-state index contributed by atoms with van der Waals surface area (Å²) >= 11 is 1.20. The molecular formula is C12H8N6O2S. The SMILES string of the molecule is O=C(O)c1cnc(Sc2nnnn2-c2ccccc2)cn1. The van der Waals surface area contributed by atoms with Crippen molar-refractivity contribution in [1.82, 2.24) is 30.2 Å². The normalized spacial score (nSPS) is 10.5. The van der Waals surface area contributed by atoms with Gasteiger partial charge in [-0.2, -0.15) is 4.68 Å². The van der Waals surface area contributed by atoms with Gasteiger partial charge in [-0.25, -0.2) is 14.8 Å². The number of aromatic carboxylic acids is 1. The fraction of sp³-hybridized carbons (Fsp3) is 0. The summed E-state index contributed by atoms with van der Waals surface area (Å²) in [5.74, 6) is -1.12. The van der Waals surface area contributed by atoms with Crippen molar-refractivity contribution in [3.05, 3.63) is 48.4 Å². The second-order valence-corrected chi connectivity index (χ2v) is 4.84. The first kappa shape index (κ1) is 13.2. The van der Waals surface area contributed by atoms with E-state index >= 15 is 0 Å². The molecule has 1 N–H and O–H groups in total. The first-order valence-corrected chi connectivity index (χ1v) is 6.62. The predicted octanol–water partition coefficient (Wildman–Crippen LogP) is 1.30. The lowest BCUT2D eigenvalue weighted by molar-refractivity contribution is 0.0689. The van der Waals surface area contributed by atoms with Gasteiger partial charge in [-0.05, 0) is 34.3 Å². The van der Waals surface area contributed by atoms with E-state index in [1.807, 2.05) is 30.3 Å². The maximum Gasteiger partial charge on any atom is 0.356 e. The topological polar surface area (TPSA) is 107 Å². The summed E-state index contributed by atoms with van der Waals surface area (Å²) < 4.78 is 1.57. The molecule has 3 rings (SSSR count). The highest BCUT2D eigenvalue weighted by Gasteiger charge is 2.12. The van der Waals surface area contributed by atoms with Crippen LogP contribution in [-0.4, -0.2) is 41.3 Å². The molecule has 0 spiro atoms. The van der Waals surface area contributed by atoms with Crippen molar-refractivity contribution in [2.75, 3.05) is 0 Å². The van der Waals surface area contributed by atoms with Crippen molar-refractivity contribution >= 4 is 17.7 Å². The Bertz CT molecular complexity index is 759. The van der Waals surface area contributed by atoms with Crippen LogP contribution in [0.5, 0.6) is 0 Å². The molecule has 0 amide bonds. The van der Waals surface area contributed by atoms with E-state index in [0.29, 0.717) is 10.2 Å². The van der Waals surface area contributed by atoms with Gasteiger partial charge in [0.2, 0.25) is 5.16 Å². The van der Waals surface area contributed by atoms with Crippen LogP contribution in [0.25, 0.3) is 5.69 Å². The van der Waals surface area contributed by atoms with Gasteiger partial charge in [0, 0.05) is 0 Å². The molecule has 3 aromatic rings. The Hall–Kier alpha value is -2.81. The van der Waals surface area contributed by atoms with Gasteiger partial charge < -0.3 is 5.11 Å². The zero-order valence-corrected chi connectivity index (χ0v) is 11.3. The number of carbonyl (C=O) groups is 1. The Balaban J connectivity index is 1.86. The second-order valence-electron chi connectivity index (χ2n) is 3.86. The molecule has 2 aromatic heterocycles. The number of rotatable bonds is 4. The number of carboxylic acid groups (broad SMARTS) is 1. The monoisotopic (exact) mass is 300 g/mol. The molecule has 0 saturated heterocycles. The van der Waals surface area contributed by atoms with E-state index in [9.17, 15) is 4.79 Å². The standard InChI is InChI=1S/C12H8N6O2S/c19-11(20)9-6-14-10(7-13-9)21-12-15-16-17-18(12)8-4-2-1-3-5-8/h1-7H,(H,19,20). The van der Waals surface area contributed by atoms with Crippen molar-refractivity contribution in [2.45, 2.75) is 10.2 Å². The van der Waals surface area contributed by atoms with Crippen LogP contribution >= 0.6 is 11.8 Å². The van der Waals surface area contributed by atoms with Crippen molar-refractivity contribution < 1.29 is 9.90 Å². The number of benzene rings is 1. The molecule has 0 aliphatic heterocycles. The van der Waals surface area contributed by atoms with Gasteiger partial charge >= 0.3 is 5.97 Å². The van der Waals surface area contributed by atoms with Crippen molar-refractivity contribution in [3.8, 4) is 5.69 Å². The molecule has 0 atom stereocenters. The second kappa shape index (κ2) is 5.67. The minimum atomic E-state index is -1.12. The van der Waals surface area contributed by atoms with E-state index in [1.165, 1.54) is 24.2 Å². The summed E-state index contributed by atoms with van der Waals surface area (Å²) in [6, 6.07) is 9.41. The number of nitrogens with zero attached hydrogens (tertiary/aromatic N) is 6. The fourth-order valence-corrected chi connectivity index (χ4v) is 2.25. The maximum absolute atomic E-state index is 10.7. The molecule has 1 aromatic carbocycles. The van der Waals surface area contributed by atoms with Gasteiger partial charge in [0.1, 0.15) is 5.03 Å². The van der Waals surface area contributed by atoms with E-state index in [-0.39, 0.29) is 5.69 Å². The van der Waals surface area contributed by atoms with Crippen LogP contribution in [0, 0.1) is 0 Å². The summed E-state index contributed by atoms with van der Waals surface area (Å²) in [7, 11) is 0. The third-order valence-electron chi connectivity index (χ3n) is 2.48. The zero-order valence-electron chi connectivity index (χ0n) is 10.5. The highest BCUT2D eigenvalue weighted by molar-refractivity contribution is 7.99. The molecule has 0 bridgehead atoms. The lowest BCUT2D eigenvalue weighted by atomic mass is 10.3. The largest absolute Gasteiger partial charge is 0.476 e. The zero-order chi connectivity index (χ0) is 14.7. The van der Waals surface area contributed by atoms with E-state index in [1.54, 1.807) is 4.68 Å². The van der Waals surface area contributed by atoms with Gasteiger partial charge in [-0.15, -0.1) is 5.10 Å². The van der Waals surface area contributed by atoms with Crippen LogP contribution in [0.3, 0.4) is 0 Å². The van der Waals surface area contributed by atoms with Crippen LogP contribution in [0.2, 0.25) is 0 Å². The Morgan fingerprint density at radius 3 is 2.62 bits per heavy atom. The minimum absolute atomic E-state index is 0.109. The molecule has 21 heavy (non-hydrogen) atoms. The molecule has 0 aliphatic rings. The number of hydrogen-bond donors (Lipinski definition) is 1. The summed E-state index contributed by atoms with van der Waals surface area (Å²) in [5, 5.41) is 21.3. The molecular weight excluding hydrogens is 292 g/mol. The summed E-state index contributed by atoms with van der Waals surface area (Å²) in [6.45, 7) is 0. The highest BCUT2D eigenvalue weighted by atomic mass is 32.2. The Morgan fingerprint density at radius 1 is 1.14 bits per heavy atom. The van der Waals surface area contributed by atoms with Crippen LogP contribution in [0.15, 0.2) is 52.9 Å². The predicted molar refractivity (Wildman–Crippen MR) is 72.3 cm³/mol. The summed E-state index contributed by atoms with van der Waals surface area (Å²) in [4.78, 5) is 18.5. The first-order valence-electron chi connectivity index (χ1n) is 5.81. The van der Waals surface area contributed by atoms with E-state index < -0.39 is 5.97 Å². The summed E-state index contributed by atoms with van der Waals surface area (Å²) in [5.41, 5.74) is 0.710. The number of aromatic nitrogens is 6. The van der Waals surface area contributed by atoms with Crippen LogP contribution in [0.1, 0.15) is 10.5 Å². The van der Waals surface area contributed by atoms with Crippen LogP contribution in [0.4, 0.5) is 0 Å². The molecule has 0 fully saturated rings. The van der Waals surface area contributed by atoms with E-state index in [4.69, 9.17) is 5.11 Å². The van der Waals surface area contributed by atoms with Crippen molar-refractivity contribution in [2.24, 2.45) is 0 Å². The lowest BCUT2D eigenvalue weighted by Gasteiger charge is -2.03. The molecule has 104 valence electrons. The maximum atomic E-state index is 10.7. The molecule has 9 heteroatoms. The molecule has 0 saturated carbocycles. The fourth-order valence-electron chi connectivity index (χ4n) is 1.55. The number of hydrogen-bond acceptors (Lipinski definition) is 7. The third-order valence-corrected chi connectivity index (χ3v) is 3.34. The van der Waals surface area contributed by atoms with E-state index in [0.717, 1.165) is 5.69 Å². The Kier molecular flexibility index (Phi) is 3.56. The lowest BCUT2D eigenvalue weighted by Crippen LogP contribution is -2.02. The average molecular weight is 300 g/mol. The van der Waals surface area contributed by atoms with Gasteiger partial charge in [-0.3, -0.25) is 0 Å². The quantitative estimate of drug-likeness (QED) is 0.768. The van der Waals surface area contributed by atoms with Gasteiger partial charge in [0.05, 0.1) is 18.1 Å². The molecule has 8 nitrogen and oxygen atoms in total. The third kappa shape index (κ3) is 2.87.